The molecule has 1 rings (SSSR count). The minimum absolute atomic E-state index is 0.127. The molecule has 0 aliphatic heterocycles. The third-order valence-electron chi connectivity index (χ3n) is 2.57. The first-order chi connectivity index (χ1) is 8.93. The molecule has 0 aliphatic carbocycles. The number of methoxy groups -OCH3 is 1. The zero-order valence-electron chi connectivity index (χ0n) is 11.1. The summed E-state index contributed by atoms with van der Waals surface area (Å²) in [6.45, 7) is 3.56. The van der Waals surface area contributed by atoms with E-state index in [2.05, 4.69) is 15.5 Å². The molecule has 1 aromatic rings. The van der Waals surface area contributed by atoms with Gasteiger partial charge in [0.05, 0.1) is 29.5 Å². The van der Waals surface area contributed by atoms with Gasteiger partial charge in [-0.1, -0.05) is 0 Å². The van der Waals surface area contributed by atoms with E-state index in [-0.39, 0.29) is 18.9 Å². The topological polar surface area (TPSA) is 101 Å². The number of carbonyl (C=O) groups is 2. The van der Waals surface area contributed by atoms with E-state index in [1.54, 1.807) is 19.9 Å². The van der Waals surface area contributed by atoms with Crippen LogP contribution < -0.4 is 5.32 Å². The number of nitrogens with one attached hydrogen (secondary N) is 1. The second kappa shape index (κ2) is 6.79. The third kappa shape index (κ3) is 4.63. The largest absolute Gasteiger partial charge is 0.481 e. The first-order valence-electron chi connectivity index (χ1n) is 5.77. The van der Waals surface area contributed by atoms with Gasteiger partial charge in [-0.05, 0) is 19.9 Å². The van der Waals surface area contributed by atoms with Crippen molar-refractivity contribution < 1.29 is 19.4 Å². The van der Waals surface area contributed by atoms with Gasteiger partial charge in [0.15, 0.2) is 0 Å². The zero-order chi connectivity index (χ0) is 14.4. The van der Waals surface area contributed by atoms with Crippen LogP contribution in [0.15, 0.2) is 6.07 Å². The van der Waals surface area contributed by atoms with E-state index >= 15 is 0 Å². The SMILES string of the molecule is COC(CNC(=O)c1cc(C)nnc1C)CC(=O)O. The van der Waals surface area contributed by atoms with E-state index in [9.17, 15) is 9.59 Å². The van der Waals surface area contributed by atoms with Gasteiger partial charge in [-0.15, -0.1) is 0 Å². The summed E-state index contributed by atoms with van der Waals surface area (Å²) in [6.07, 6.45) is -0.721. The standard InChI is InChI=1S/C12H17N3O4/c1-7-4-10(8(2)15-14-7)12(18)13-6-9(19-3)5-11(16)17/h4,9H,5-6H2,1-3H3,(H,13,18)(H,16,17). The number of ether oxygens (including phenoxy) is 1. The molecule has 7 nitrogen and oxygen atoms in total. The lowest BCUT2D eigenvalue weighted by molar-refractivity contribution is -0.139. The predicted molar refractivity (Wildman–Crippen MR) is 66.9 cm³/mol. The van der Waals surface area contributed by atoms with E-state index < -0.39 is 12.1 Å². The molecule has 19 heavy (non-hydrogen) atoms. The van der Waals surface area contributed by atoms with Crippen molar-refractivity contribution >= 4 is 11.9 Å². The number of rotatable bonds is 6. The Morgan fingerprint density at radius 2 is 2.11 bits per heavy atom. The summed E-state index contributed by atoms with van der Waals surface area (Å²) >= 11 is 0. The van der Waals surface area contributed by atoms with Gasteiger partial charge in [-0.25, -0.2) is 0 Å². The summed E-state index contributed by atoms with van der Waals surface area (Å²) in [6, 6.07) is 1.64. The summed E-state index contributed by atoms with van der Waals surface area (Å²) in [5.74, 6) is -1.29. The predicted octanol–water partition coefficient (Wildman–Crippen LogP) is 0.313. The van der Waals surface area contributed by atoms with Crippen LogP contribution in [0.4, 0.5) is 0 Å². The molecule has 1 aromatic heterocycles. The average Bonchev–Trinajstić information content (AvgIpc) is 2.36. The van der Waals surface area contributed by atoms with Gasteiger partial charge >= 0.3 is 5.97 Å². The highest BCUT2D eigenvalue weighted by Crippen LogP contribution is 2.05. The van der Waals surface area contributed by atoms with Crippen LogP contribution >= 0.6 is 0 Å². The number of aryl methyl sites for hydroxylation is 2. The van der Waals surface area contributed by atoms with Gasteiger partial charge in [0.1, 0.15) is 0 Å². The molecule has 0 saturated carbocycles. The number of hydrogen-bond acceptors (Lipinski definition) is 5. The summed E-state index contributed by atoms with van der Waals surface area (Å²) in [5.41, 5.74) is 1.59. The Morgan fingerprint density at radius 1 is 1.42 bits per heavy atom. The van der Waals surface area contributed by atoms with Crippen LogP contribution in [0.1, 0.15) is 28.2 Å². The number of amides is 1. The number of carboxylic acids is 1. The van der Waals surface area contributed by atoms with Crippen molar-refractivity contribution in [2.24, 2.45) is 0 Å². The lowest BCUT2D eigenvalue weighted by atomic mass is 10.2. The fourth-order valence-electron chi connectivity index (χ4n) is 1.52. The van der Waals surface area contributed by atoms with Gasteiger partial charge in [-0.3, -0.25) is 9.59 Å². The van der Waals surface area contributed by atoms with Crippen molar-refractivity contribution in [3.63, 3.8) is 0 Å². The van der Waals surface area contributed by atoms with Crippen LogP contribution in [-0.2, 0) is 9.53 Å². The molecule has 7 heteroatoms. The van der Waals surface area contributed by atoms with Crippen LogP contribution in [0.2, 0.25) is 0 Å². The van der Waals surface area contributed by atoms with E-state index in [0.29, 0.717) is 17.0 Å². The number of carbonyl (C=O) groups excluding carboxylic acids is 1. The average molecular weight is 267 g/mol. The minimum atomic E-state index is -0.973. The number of aromatic nitrogens is 2. The first kappa shape index (κ1) is 15.0. The third-order valence-corrected chi connectivity index (χ3v) is 2.57. The maximum Gasteiger partial charge on any atom is 0.306 e. The number of carboxylic acid groups (broad SMARTS) is 1. The van der Waals surface area contributed by atoms with Crippen molar-refractivity contribution in [1.82, 2.24) is 15.5 Å². The molecule has 0 aliphatic rings. The lowest BCUT2D eigenvalue weighted by Crippen LogP contribution is -2.35. The zero-order valence-corrected chi connectivity index (χ0v) is 11.1. The number of nitrogens with zero attached hydrogens (tertiary/aromatic N) is 2. The highest BCUT2D eigenvalue weighted by molar-refractivity contribution is 5.95. The Labute approximate surface area is 111 Å². The van der Waals surface area contributed by atoms with Crippen LogP contribution in [0, 0.1) is 13.8 Å². The van der Waals surface area contributed by atoms with E-state index in [4.69, 9.17) is 9.84 Å². The highest BCUT2D eigenvalue weighted by Gasteiger charge is 2.16. The molecule has 2 N–H and O–H groups in total. The smallest absolute Gasteiger partial charge is 0.306 e. The van der Waals surface area contributed by atoms with Crippen molar-refractivity contribution in [1.29, 1.82) is 0 Å². The van der Waals surface area contributed by atoms with Gasteiger partial charge in [-0.2, -0.15) is 10.2 Å². The molecular formula is C12H17N3O4. The molecule has 0 aromatic carbocycles. The van der Waals surface area contributed by atoms with Crippen LogP contribution in [0.3, 0.4) is 0 Å². The minimum Gasteiger partial charge on any atom is -0.481 e. The first-order valence-corrected chi connectivity index (χ1v) is 5.77. The molecule has 1 heterocycles. The highest BCUT2D eigenvalue weighted by atomic mass is 16.5. The molecule has 0 saturated heterocycles. The molecule has 1 unspecified atom stereocenters. The molecular weight excluding hydrogens is 250 g/mol. The van der Waals surface area contributed by atoms with Crippen LogP contribution in [0.25, 0.3) is 0 Å². The molecule has 0 spiro atoms. The molecule has 0 bridgehead atoms. The summed E-state index contributed by atoms with van der Waals surface area (Å²) in [4.78, 5) is 22.5. The van der Waals surface area contributed by atoms with Gasteiger partial charge in [0, 0.05) is 13.7 Å². The summed E-state index contributed by atoms with van der Waals surface area (Å²) in [7, 11) is 1.41. The Bertz CT molecular complexity index is 476. The molecule has 1 atom stereocenters. The normalized spacial score (nSPS) is 11.9. The second-order valence-electron chi connectivity index (χ2n) is 4.15. The fourth-order valence-corrected chi connectivity index (χ4v) is 1.52. The fraction of sp³-hybridized carbons (Fsp3) is 0.500. The van der Waals surface area contributed by atoms with E-state index in [0.717, 1.165) is 0 Å². The lowest BCUT2D eigenvalue weighted by Gasteiger charge is -2.14. The maximum atomic E-state index is 11.9. The molecule has 1 amide bonds. The van der Waals surface area contributed by atoms with Gasteiger partial charge in [0.25, 0.3) is 5.91 Å². The monoisotopic (exact) mass is 267 g/mol. The maximum absolute atomic E-state index is 11.9. The second-order valence-corrected chi connectivity index (χ2v) is 4.15. The Hall–Kier alpha value is -2.02. The van der Waals surface area contributed by atoms with Crippen molar-refractivity contribution in [3.05, 3.63) is 23.0 Å². The Morgan fingerprint density at radius 3 is 2.68 bits per heavy atom. The number of aliphatic carboxylic acids is 1. The van der Waals surface area contributed by atoms with E-state index in [1.807, 2.05) is 0 Å². The van der Waals surface area contributed by atoms with E-state index in [1.165, 1.54) is 7.11 Å². The van der Waals surface area contributed by atoms with Gasteiger partial charge in [0.2, 0.25) is 0 Å². The molecule has 0 radical (unpaired) electrons. The summed E-state index contributed by atoms with van der Waals surface area (Å²) < 4.78 is 4.98. The number of hydrogen-bond donors (Lipinski definition) is 2. The van der Waals surface area contributed by atoms with Crippen LogP contribution in [0.5, 0.6) is 0 Å². The van der Waals surface area contributed by atoms with Crippen LogP contribution in [-0.4, -0.2) is 46.9 Å². The summed E-state index contributed by atoms with van der Waals surface area (Å²) in [5, 5.41) is 19.0. The Balaban J connectivity index is 2.64. The van der Waals surface area contributed by atoms with Crippen molar-refractivity contribution in [2.75, 3.05) is 13.7 Å². The molecule has 104 valence electrons. The van der Waals surface area contributed by atoms with Crippen molar-refractivity contribution in [2.45, 2.75) is 26.4 Å². The van der Waals surface area contributed by atoms with Crippen molar-refractivity contribution in [3.8, 4) is 0 Å². The quantitative estimate of drug-likeness (QED) is 0.769. The molecule has 0 fully saturated rings. The van der Waals surface area contributed by atoms with Gasteiger partial charge < -0.3 is 15.2 Å². The Kier molecular flexibility index (Phi) is 5.37.